The number of benzene rings is 2. The van der Waals surface area contributed by atoms with Gasteiger partial charge in [-0.1, -0.05) is 30.3 Å². The molecule has 1 saturated heterocycles. The third kappa shape index (κ3) is 4.53. The van der Waals surface area contributed by atoms with E-state index in [1.165, 1.54) is 12.7 Å². The predicted molar refractivity (Wildman–Crippen MR) is 101 cm³/mol. The first kappa shape index (κ1) is 17.8. The number of urea groups is 1. The fraction of sp³-hybridized carbons (Fsp3) is 0.300. The van der Waals surface area contributed by atoms with Gasteiger partial charge in [0, 0.05) is 24.0 Å². The summed E-state index contributed by atoms with van der Waals surface area (Å²) in [6, 6.07) is 17.3. The van der Waals surface area contributed by atoms with Crippen molar-refractivity contribution >= 4 is 23.5 Å². The van der Waals surface area contributed by atoms with Gasteiger partial charge >= 0.3 is 12.1 Å². The van der Waals surface area contributed by atoms with E-state index in [-0.39, 0.29) is 12.1 Å². The molecule has 26 heavy (non-hydrogen) atoms. The van der Waals surface area contributed by atoms with Crippen LogP contribution in [0.15, 0.2) is 54.6 Å². The molecule has 6 nitrogen and oxygen atoms in total. The average Bonchev–Trinajstić information content (AvgIpc) is 3.12. The van der Waals surface area contributed by atoms with Crippen molar-refractivity contribution in [1.82, 2.24) is 4.90 Å². The smallest absolute Gasteiger partial charge is 0.411 e. The summed E-state index contributed by atoms with van der Waals surface area (Å²) in [5.41, 5.74) is 2.55. The van der Waals surface area contributed by atoms with E-state index in [2.05, 4.69) is 27.5 Å². The fourth-order valence-electron chi connectivity index (χ4n) is 3.20. The number of carbonyl (C=O) groups is 2. The van der Waals surface area contributed by atoms with Gasteiger partial charge < -0.3 is 15.0 Å². The lowest BCUT2D eigenvalue weighted by Crippen LogP contribution is -2.39. The summed E-state index contributed by atoms with van der Waals surface area (Å²) in [5.74, 6) is 0. The zero-order valence-electron chi connectivity index (χ0n) is 14.8. The standard InChI is InChI=1S/C20H23N3O3/c1-26-20(25)22-17-11-9-16(10-12-17)21-19(24)23-13-5-8-18(23)14-15-6-3-2-4-7-15/h2-4,6-7,9-12,18H,5,8,13-14H2,1H3,(H,21,24)(H,22,25). The molecule has 1 aliphatic heterocycles. The molecule has 0 spiro atoms. The van der Waals surface area contributed by atoms with Crippen molar-refractivity contribution in [2.45, 2.75) is 25.3 Å². The Labute approximate surface area is 153 Å². The summed E-state index contributed by atoms with van der Waals surface area (Å²) in [6.07, 6.45) is 2.38. The molecule has 0 saturated carbocycles. The Morgan fingerprint density at radius 2 is 1.69 bits per heavy atom. The van der Waals surface area contributed by atoms with Gasteiger partial charge in [0.05, 0.1) is 7.11 Å². The Bertz CT molecular complexity index is 747. The van der Waals surface area contributed by atoms with Crippen molar-refractivity contribution in [1.29, 1.82) is 0 Å². The first-order chi connectivity index (χ1) is 12.7. The minimum Gasteiger partial charge on any atom is -0.453 e. The number of nitrogens with zero attached hydrogens (tertiary/aromatic N) is 1. The molecule has 0 radical (unpaired) electrons. The van der Waals surface area contributed by atoms with Gasteiger partial charge in [-0.15, -0.1) is 0 Å². The van der Waals surface area contributed by atoms with Crippen LogP contribution in [0.5, 0.6) is 0 Å². The van der Waals surface area contributed by atoms with Crippen LogP contribution in [0.25, 0.3) is 0 Å². The van der Waals surface area contributed by atoms with Gasteiger partial charge in [-0.3, -0.25) is 5.32 Å². The molecule has 1 atom stereocenters. The molecule has 6 heteroatoms. The lowest BCUT2D eigenvalue weighted by atomic mass is 10.0. The zero-order chi connectivity index (χ0) is 18.4. The second-order valence-corrected chi connectivity index (χ2v) is 6.30. The van der Waals surface area contributed by atoms with E-state index >= 15 is 0 Å². The highest BCUT2D eigenvalue weighted by Crippen LogP contribution is 2.23. The number of ether oxygens (including phenoxy) is 1. The number of carbonyl (C=O) groups excluding carboxylic acids is 2. The summed E-state index contributed by atoms with van der Waals surface area (Å²) in [5, 5.41) is 5.51. The maximum atomic E-state index is 12.6. The molecule has 0 aliphatic carbocycles. The maximum absolute atomic E-state index is 12.6. The van der Waals surface area contributed by atoms with Crippen molar-refractivity contribution in [2.24, 2.45) is 0 Å². The summed E-state index contributed by atoms with van der Waals surface area (Å²) in [4.78, 5) is 25.8. The molecule has 3 amide bonds. The summed E-state index contributed by atoms with van der Waals surface area (Å²) >= 11 is 0. The van der Waals surface area contributed by atoms with Gasteiger partial charge in [0.15, 0.2) is 0 Å². The predicted octanol–water partition coefficient (Wildman–Crippen LogP) is 4.10. The third-order valence-corrected chi connectivity index (χ3v) is 4.52. The molecule has 1 heterocycles. The van der Waals surface area contributed by atoms with Crippen LogP contribution >= 0.6 is 0 Å². The van der Waals surface area contributed by atoms with Crippen molar-refractivity contribution in [2.75, 3.05) is 24.3 Å². The van der Waals surface area contributed by atoms with Gasteiger partial charge in [0.2, 0.25) is 0 Å². The van der Waals surface area contributed by atoms with E-state index in [1.54, 1.807) is 24.3 Å². The van der Waals surface area contributed by atoms with E-state index in [0.717, 1.165) is 25.8 Å². The van der Waals surface area contributed by atoms with Gasteiger partial charge in [0.1, 0.15) is 0 Å². The normalized spacial score (nSPS) is 16.2. The molecular weight excluding hydrogens is 330 g/mol. The molecule has 1 unspecified atom stereocenters. The van der Waals surface area contributed by atoms with Crippen LogP contribution in [-0.4, -0.2) is 36.7 Å². The Kier molecular flexibility index (Phi) is 5.73. The topological polar surface area (TPSA) is 70.7 Å². The number of nitrogens with one attached hydrogen (secondary N) is 2. The Balaban J connectivity index is 1.59. The molecule has 136 valence electrons. The summed E-state index contributed by atoms with van der Waals surface area (Å²) in [7, 11) is 1.31. The molecule has 1 fully saturated rings. The minimum atomic E-state index is -0.525. The number of hydrogen-bond donors (Lipinski definition) is 2. The Morgan fingerprint density at radius 1 is 1.04 bits per heavy atom. The van der Waals surface area contributed by atoms with Crippen LogP contribution in [0.1, 0.15) is 18.4 Å². The molecular formula is C20H23N3O3. The van der Waals surface area contributed by atoms with Crippen molar-refractivity contribution < 1.29 is 14.3 Å². The fourth-order valence-corrected chi connectivity index (χ4v) is 3.20. The Hall–Kier alpha value is -3.02. The highest BCUT2D eigenvalue weighted by atomic mass is 16.5. The van der Waals surface area contributed by atoms with E-state index in [9.17, 15) is 9.59 Å². The monoisotopic (exact) mass is 353 g/mol. The number of likely N-dealkylation sites (tertiary alicyclic amines) is 1. The van der Waals surface area contributed by atoms with E-state index in [0.29, 0.717) is 11.4 Å². The summed E-state index contributed by atoms with van der Waals surface area (Å²) in [6.45, 7) is 0.769. The van der Waals surface area contributed by atoms with E-state index < -0.39 is 6.09 Å². The lowest BCUT2D eigenvalue weighted by Gasteiger charge is -2.25. The maximum Gasteiger partial charge on any atom is 0.411 e. The number of hydrogen-bond acceptors (Lipinski definition) is 3. The molecule has 1 aliphatic rings. The molecule has 0 bridgehead atoms. The van der Waals surface area contributed by atoms with Gasteiger partial charge in [-0.2, -0.15) is 0 Å². The van der Waals surface area contributed by atoms with Crippen molar-refractivity contribution in [3.05, 3.63) is 60.2 Å². The Morgan fingerprint density at radius 3 is 2.35 bits per heavy atom. The van der Waals surface area contributed by atoms with Gasteiger partial charge in [-0.25, -0.2) is 9.59 Å². The highest BCUT2D eigenvalue weighted by molar-refractivity contribution is 5.90. The number of anilines is 2. The second kappa shape index (κ2) is 8.38. The number of amides is 3. The number of methoxy groups -OCH3 is 1. The first-order valence-electron chi connectivity index (χ1n) is 8.72. The van der Waals surface area contributed by atoms with Gasteiger partial charge in [0.25, 0.3) is 0 Å². The third-order valence-electron chi connectivity index (χ3n) is 4.52. The zero-order valence-corrected chi connectivity index (χ0v) is 14.8. The van der Waals surface area contributed by atoms with Crippen molar-refractivity contribution in [3.63, 3.8) is 0 Å². The quantitative estimate of drug-likeness (QED) is 0.869. The summed E-state index contributed by atoms with van der Waals surface area (Å²) < 4.78 is 4.55. The molecule has 3 rings (SSSR count). The molecule has 2 N–H and O–H groups in total. The minimum absolute atomic E-state index is 0.0860. The van der Waals surface area contributed by atoms with Crippen LogP contribution in [0.3, 0.4) is 0 Å². The largest absolute Gasteiger partial charge is 0.453 e. The number of rotatable bonds is 4. The van der Waals surface area contributed by atoms with Crippen LogP contribution in [0.2, 0.25) is 0 Å². The van der Waals surface area contributed by atoms with Gasteiger partial charge in [-0.05, 0) is 49.1 Å². The van der Waals surface area contributed by atoms with Crippen LogP contribution in [-0.2, 0) is 11.2 Å². The van der Waals surface area contributed by atoms with Crippen LogP contribution < -0.4 is 10.6 Å². The molecule has 2 aromatic rings. The second-order valence-electron chi connectivity index (χ2n) is 6.30. The van der Waals surface area contributed by atoms with Crippen LogP contribution in [0.4, 0.5) is 21.0 Å². The highest BCUT2D eigenvalue weighted by Gasteiger charge is 2.28. The first-order valence-corrected chi connectivity index (χ1v) is 8.72. The van der Waals surface area contributed by atoms with E-state index in [4.69, 9.17) is 0 Å². The van der Waals surface area contributed by atoms with E-state index in [1.807, 2.05) is 23.1 Å². The lowest BCUT2D eigenvalue weighted by molar-refractivity contribution is 0.187. The molecule has 2 aromatic carbocycles. The average molecular weight is 353 g/mol. The molecule has 0 aromatic heterocycles. The van der Waals surface area contributed by atoms with Crippen molar-refractivity contribution in [3.8, 4) is 0 Å². The SMILES string of the molecule is COC(=O)Nc1ccc(NC(=O)N2CCCC2Cc2ccccc2)cc1. The van der Waals surface area contributed by atoms with Crippen LogP contribution in [0, 0.1) is 0 Å².